The van der Waals surface area contributed by atoms with Gasteiger partial charge in [-0.3, -0.25) is 9.69 Å². The van der Waals surface area contributed by atoms with Gasteiger partial charge in [-0.25, -0.2) is 0 Å². The first-order valence-corrected chi connectivity index (χ1v) is 10.6. The van der Waals surface area contributed by atoms with Crippen molar-refractivity contribution in [3.05, 3.63) is 89.4 Å². The average Bonchev–Trinajstić information content (AvgIpc) is 3.24. The van der Waals surface area contributed by atoms with Crippen LogP contribution in [0.2, 0.25) is 0 Å². The van der Waals surface area contributed by atoms with E-state index >= 15 is 0 Å². The molecule has 2 heterocycles. The number of carbonyl (C=O) groups excluding carboxylic acids is 1. The number of piperazine rings is 1. The second-order valence-electron chi connectivity index (χ2n) is 7.97. The van der Waals surface area contributed by atoms with Crippen molar-refractivity contribution in [1.29, 1.82) is 0 Å². The third-order valence-corrected chi connectivity index (χ3v) is 5.68. The van der Waals surface area contributed by atoms with Gasteiger partial charge in [0.1, 0.15) is 5.76 Å². The Bertz CT molecular complexity index is 958. The zero-order valence-corrected chi connectivity index (χ0v) is 17.7. The molecule has 1 N–H and O–H groups in total. The summed E-state index contributed by atoms with van der Waals surface area (Å²) in [6, 6.07) is 22.3. The zero-order chi connectivity index (χ0) is 20.9. The minimum Gasteiger partial charge on any atom is -0.455 e. The van der Waals surface area contributed by atoms with E-state index in [0.717, 1.165) is 44.0 Å². The third kappa shape index (κ3) is 4.92. The Hall–Kier alpha value is -3.05. The van der Waals surface area contributed by atoms with Crippen molar-refractivity contribution in [1.82, 2.24) is 10.2 Å². The first-order valence-electron chi connectivity index (χ1n) is 10.6. The number of hydrogen-bond donors (Lipinski definition) is 1. The van der Waals surface area contributed by atoms with Crippen molar-refractivity contribution in [3.63, 3.8) is 0 Å². The fraction of sp³-hybridized carbons (Fsp3) is 0.320. The molecule has 1 amide bonds. The Morgan fingerprint density at radius 3 is 2.37 bits per heavy atom. The van der Waals surface area contributed by atoms with Crippen LogP contribution in [0.25, 0.3) is 0 Å². The van der Waals surface area contributed by atoms with Gasteiger partial charge in [-0.2, -0.15) is 0 Å². The van der Waals surface area contributed by atoms with Crippen LogP contribution in [-0.2, 0) is 6.54 Å². The van der Waals surface area contributed by atoms with Gasteiger partial charge in [0.05, 0.1) is 12.6 Å². The molecular formula is C25H29N3O2. The van der Waals surface area contributed by atoms with Crippen LogP contribution >= 0.6 is 0 Å². The highest BCUT2D eigenvalue weighted by Gasteiger charge is 2.20. The van der Waals surface area contributed by atoms with Crippen LogP contribution in [0.1, 0.15) is 40.4 Å². The summed E-state index contributed by atoms with van der Waals surface area (Å²) in [5.74, 6) is 1.02. The van der Waals surface area contributed by atoms with Crippen LogP contribution in [0.5, 0.6) is 0 Å². The smallest absolute Gasteiger partial charge is 0.287 e. The largest absolute Gasteiger partial charge is 0.455 e. The van der Waals surface area contributed by atoms with Gasteiger partial charge < -0.3 is 14.6 Å². The van der Waals surface area contributed by atoms with E-state index in [-0.39, 0.29) is 11.9 Å². The fourth-order valence-corrected chi connectivity index (χ4v) is 3.82. The van der Waals surface area contributed by atoms with Gasteiger partial charge in [-0.05, 0) is 43.7 Å². The minimum atomic E-state index is -0.179. The second-order valence-corrected chi connectivity index (χ2v) is 7.97. The summed E-state index contributed by atoms with van der Waals surface area (Å²) in [6.45, 7) is 8.75. The highest BCUT2D eigenvalue weighted by molar-refractivity contribution is 5.91. The summed E-state index contributed by atoms with van der Waals surface area (Å²) >= 11 is 0. The molecule has 2 aromatic carbocycles. The molecule has 0 aliphatic carbocycles. The van der Waals surface area contributed by atoms with E-state index in [1.54, 1.807) is 6.07 Å². The number of nitrogens with one attached hydrogen (secondary N) is 1. The summed E-state index contributed by atoms with van der Waals surface area (Å²) in [5, 5.41) is 3.00. The second kappa shape index (κ2) is 9.18. The molecular weight excluding hydrogens is 374 g/mol. The number of aryl methyl sites for hydroxylation is 1. The molecule has 0 radical (unpaired) electrons. The lowest BCUT2D eigenvalue weighted by Crippen LogP contribution is -2.45. The van der Waals surface area contributed by atoms with Gasteiger partial charge in [0, 0.05) is 31.9 Å². The van der Waals surface area contributed by atoms with E-state index in [9.17, 15) is 4.79 Å². The van der Waals surface area contributed by atoms with Gasteiger partial charge in [-0.15, -0.1) is 0 Å². The fourth-order valence-electron chi connectivity index (χ4n) is 3.82. The molecule has 1 aromatic heterocycles. The van der Waals surface area contributed by atoms with Crippen molar-refractivity contribution in [2.45, 2.75) is 26.4 Å². The number of hydrogen-bond acceptors (Lipinski definition) is 4. The summed E-state index contributed by atoms with van der Waals surface area (Å²) < 4.78 is 5.84. The maximum Gasteiger partial charge on any atom is 0.287 e. The molecule has 1 unspecified atom stereocenters. The van der Waals surface area contributed by atoms with E-state index in [1.165, 1.54) is 11.3 Å². The van der Waals surface area contributed by atoms with E-state index in [1.807, 2.05) is 43.3 Å². The van der Waals surface area contributed by atoms with Crippen LogP contribution in [0.15, 0.2) is 71.1 Å². The van der Waals surface area contributed by atoms with Gasteiger partial charge in [-0.1, -0.05) is 48.0 Å². The molecule has 0 saturated carbocycles. The molecule has 0 spiro atoms. The molecule has 156 valence electrons. The molecule has 5 heteroatoms. The predicted octanol–water partition coefficient (Wildman–Crippen LogP) is 4.40. The lowest BCUT2D eigenvalue weighted by atomic mass is 10.1. The summed E-state index contributed by atoms with van der Waals surface area (Å²) in [7, 11) is 0. The van der Waals surface area contributed by atoms with Gasteiger partial charge >= 0.3 is 0 Å². The molecule has 3 aromatic rings. The Morgan fingerprint density at radius 2 is 1.67 bits per heavy atom. The molecule has 1 atom stereocenters. The van der Waals surface area contributed by atoms with Gasteiger partial charge in [0.25, 0.3) is 5.91 Å². The van der Waals surface area contributed by atoms with Gasteiger partial charge in [0.2, 0.25) is 0 Å². The zero-order valence-electron chi connectivity index (χ0n) is 17.7. The summed E-state index contributed by atoms with van der Waals surface area (Å²) in [5.41, 5.74) is 3.64. The maximum atomic E-state index is 12.5. The third-order valence-electron chi connectivity index (χ3n) is 5.68. The monoisotopic (exact) mass is 403 g/mol. The number of anilines is 1. The van der Waals surface area contributed by atoms with Crippen molar-refractivity contribution in [2.75, 3.05) is 31.1 Å². The molecule has 5 nitrogen and oxygen atoms in total. The van der Waals surface area contributed by atoms with E-state index < -0.39 is 0 Å². The normalized spacial score (nSPS) is 15.7. The summed E-state index contributed by atoms with van der Waals surface area (Å²) in [6.07, 6.45) is 0. The Labute approximate surface area is 178 Å². The van der Waals surface area contributed by atoms with Crippen molar-refractivity contribution >= 4 is 11.6 Å². The molecule has 1 saturated heterocycles. The Balaban J connectivity index is 1.28. The van der Waals surface area contributed by atoms with Gasteiger partial charge in [0.15, 0.2) is 5.76 Å². The number of nitrogens with zero attached hydrogens (tertiary/aromatic N) is 2. The van der Waals surface area contributed by atoms with E-state index in [2.05, 4.69) is 46.3 Å². The number of carbonyl (C=O) groups is 1. The molecule has 4 rings (SSSR count). The van der Waals surface area contributed by atoms with E-state index in [0.29, 0.717) is 5.76 Å². The first-order chi connectivity index (χ1) is 14.6. The molecule has 1 fully saturated rings. The number of furan rings is 1. The number of benzene rings is 2. The van der Waals surface area contributed by atoms with Crippen LogP contribution < -0.4 is 10.2 Å². The summed E-state index contributed by atoms with van der Waals surface area (Å²) in [4.78, 5) is 17.3. The minimum absolute atomic E-state index is 0.0675. The first kappa shape index (κ1) is 20.2. The Kier molecular flexibility index (Phi) is 6.19. The number of amides is 1. The highest BCUT2D eigenvalue weighted by Crippen LogP contribution is 2.19. The SMILES string of the molecule is Cc1ccc(N2CCN(Cc3ccc(C(=O)NC(C)c4ccccc4)o3)CC2)cc1. The lowest BCUT2D eigenvalue weighted by Gasteiger charge is -2.35. The van der Waals surface area contributed by atoms with E-state index in [4.69, 9.17) is 4.42 Å². The molecule has 30 heavy (non-hydrogen) atoms. The van der Waals surface area contributed by atoms with Crippen molar-refractivity contribution in [3.8, 4) is 0 Å². The average molecular weight is 404 g/mol. The highest BCUT2D eigenvalue weighted by atomic mass is 16.4. The van der Waals surface area contributed by atoms with Crippen LogP contribution in [0.4, 0.5) is 5.69 Å². The predicted molar refractivity (Wildman–Crippen MR) is 120 cm³/mol. The standard InChI is InChI=1S/C25H29N3O2/c1-19-8-10-22(11-9-19)28-16-14-27(15-17-28)18-23-12-13-24(30-23)25(29)26-20(2)21-6-4-3-5-7-21/h3-13,20H,14-18H2,1-2H3,(H,26,29). The van der Waals surface area contributed by atoms with Crippen molar-refractivity contribution in [2.24, 2.45) is 0 Å². The van der Waals surface area contributed by atoms with Crippen LogP contribution in [0.3, 0.4) is 0 Å². The Morgan fingerprint density at radius 1 is 0.967 bits per heavy atom. The topological polar surface area (TPSA) is 48.7 Å². The molecule has 1 aliphatic rings. The van der Waals surface area contributed by atoms with Crippen molar-refractivity contribution < 1.29 is 9.21 Å². The molecule has 1 aliphatic heterocycles. The van der Waals surface area contributed by atoms with Crippen LogP contribution in [-0.4, -0.2) is 37.0 Å². The number of rotatable bonds is 6. The quantitative estimate of drug-likeness (QED) is 0.663. The van der Waals surface area contributed by atoms with Crippen LogP contribution in [0, 0.1) is 6.92 Å². The molecule has 0 bridgehead atoms. The maximum absolute atomic E-state index is 12.5. The lowest BCUT2D eigenvalue weighted by molar-refractivity contribution is 0.0907.